The van der Waals surface area contributed by atoms with E-state index in [4.69, 9.17) is 0 Å². The Bertz CT molecular complexity index is 798. The molecule has 1 aliphatic heterocycles. The van der Waals surface area contributed by atoms with Crippen LogP contribution < -0.4 is 0 Å². The van der Waals surface area contributed by atoms with E-state index in [1.54, 1.807) is 17.1 Å². The molecule has 0 spiro atoms. The van der Waals surface area contributed by atoms with Gasteiger partial charge in [0, 0.05) is 37.9 Å². The molecule has 3 heterocycles. The van der Waals surface area contributed by atoms with E-state index in [0.717, 1.165) is 24.9 Å². The summed E-state index contributed by atoms with van der Waals surface area (Å²) in [5.41, 5.74) is 0.956. The van der Waals surface area contributed by atoms with Crippen LogP contribution in [0.4, 0.5) is 0 Å². The second-order valence-corrected chi connectivity index (χ2v) is 6.37. The van der Waals surface area contributed by atoms with Crippen LogP contribution >= 0.6 is 0 Å². The number of benzene rings is 1. The van der Waals surface area contributed by atoms with Crippen LogP contribution in [-0.2, 0) is 4.79 Å². The summed E-state index contributed by atoms with van der Waals surface area (Å²) in [6, 6.07) is 13.4. The average Bonchev–Trinajstić information content (AvgIpc) is 3.37. The predicted molar refractivity (Wildman–Crippen MR) is 93.9 cm³/mol. The molecule has 0 bridgehead atoms. The molecule has 6 nitrogen and oxygen atoms in total. The largest absolute Gasteiger partial charge is 0.338 e. The summed E-state index contributed by atoms with van der Waals surface area (Å²) < 4.78 is 3.71. The third-order valence-electron chi connectivity index (χ3n) is 4.75. The maximum atomic E-state index is 13.3. The normalized spacial score (nSPS) is 18.9. The first-order valence-electron chi connectivity index (χ1n) is 8.65. The topological polar surface area (TPSA) is 56.0 Å². The highest BCUT2D eigenvalue weighted by atomic mass is 16.2. The Morgan fingerprint density at radius 2 is 1.84 bits per heavy atom. The molecule has 0 radical (unpaired) electrons. The van der Waals surface area contributed by atoms with Gasteiger partial charge in [0.25, 0.3) is 5.91 Å². The molecule has 0 N–H and O–H groups in total. The fourth-order valence-corrected chi connectivity index (χ4v) is 3.52. The summed E-state index contributed by atoms with van der Waals surface area (Å²) in [5, 5.41) is 8.68. The van der Waals surface area contributed by atoms with E-state index in [9.17, 15) is 4.79 Å². The quantitative estimate of drug-likeness (QED) is 0.736. The highest BCUT2D eigenvalue weighted by Crippen LogP contribution is 2.26. The molecule has 1 aromatic carbocycles. The Morgan fingerprint density at radius 3 is 2.56 bits per heavy atom. The number of aromatic nitrogens is 4. The number of hydrogen-bond donors (Lipinski definition) is 0. The van der Waals surface area contributed by atoms with Gasteiger partial charge in [-0.25, -0.2) is 0 Å². The van der Waals surface area contributed by atoms with E-state index >= 15 is 0 Å². The van der Waals surface area contributed by atoms with Crippen molar-refractivity contribution in [3.8, 4) is 0 Å². The highest BCUT2D eigenvalue weighted by Gasteiger charge is 2.31. The molecule has 6 heteroatoms. The Kier molecular flexibility index (Phi) is 4.33. The molecule has 0 saturated carbocycles. The minimum atomic E-state index is -0.424. The Hall–Kier alpha value is -2.89. The number of nitrogens with zero attached hydrogens (tertiary/aromatic N) is 5. The molecule has 0 unspecified atom stereocenters. The van der Waals surface area contributed by atoms with Crippen molar-refractivity contribution in [3.05, 3.63) is 72.8 Å². The van der Waals surface area contributed by atoms with Gasteiger partial charge in [0.1, 0.15) is 0 Å². The van der Waals surface area contributed by atoms with Crippen molar-refractivity contribution in [2.24, 2.45) is 0 Å². The zero-order valence-corrected chi connectivity index (χ0v) is 14.0. The zero-order valence-electron chi connectivity index (χ0n) is 14.0. The number of hydrogen-bond acceptors (Lipinski definition) is 3. The van der Waals surface area contributed by atoms with E-state index in [1.165, 1.54) is 0 Å². The van der Waals surface area contributed by atoms with Gasteiger partial charge < -0.3 is 4.90 Å². The number of rotatable bonds is 4. The van der Waals surface area contributed by atoms with Gasteiger partial charge in [0.05, 0.1) is 6.04 Å². The van der Waals surface area contributed by atoms with Gasteiger partial charge in [0.2, 0.25) is 0 Å². The summed E-state index contributed by atoms with van der Waals surface area (Å²) in [4.78, 5) is 15.3. The maximum Gasteiger partial charge on any atom is 0.252 e. The molecule has 1 aliphatic rings. The van der Waals surface area contributed by atoms with Crippen molar-refractivity contribution in [2.45, 2.75) is 24.9 Å². The van der Waals surface area contributed by atoms with Crippen molar-refractivity contribution >= 4 is 5.91 Å². The third-order valence-corrected chi connectivity index (χ3v) is 4.75. The molecule has 1 amide bonds. The van der Waals surface area contributed by atoms with Crippen LogP contribution in [0.3, 0.4) is 0 Å². The number of amides is 1. The SMILES string of the molecule is O=C([C@@H](c1ccccc1)n1cccn1)N1CCC[C@@H](n2cccn2)C1. The predicted octanol–water partition coefficient (Wildman–Crippen LogP) is 2.53. The molecule has 2 atom stereocenters. The molecule has 1 saturated heterocycles. The minimum absolute atomic E-state index is 0.0896. The van der Waals surface area contributed by atoms with Crippen LogP contribution in [0.15, 0.2) is 67.3 Å². The van der Waals surface area contributed by atoms with Crippen LogP contribution in [0.5, 0.6) is 0 Å². The van der Waals surface area contributed by atoms with E-state index in [2.05, 4.69) is 10.2 Å². The van der Waals surface area contributed by atoms with Gasteiger partial charge in [-0.1, -0.05) is 30.3 Å². The van der Waals surface area contributed by atoms with Crippen LogP contribution in [-0.4, -0.2) is 43.5 Å². The second-order valence-electron chi connectivity index (χ2n) is 6.37. The summed E-state index contributed by atoms with van der Waals surface area (Å²) in [6.07, 6.45) is 9.36. The maximum absolute atomic E-state index is 13.3. The first kappa shape index (κ1) is 15.6. The van der Waals surface area contributed by atoms with Crippen LogP contribution in [0, 0.1) is 0 Å². The van der Waals surface area contributed by atoms with E-state index < -0.39 is 6.04 Å². The van der Waals surface area contributed by atoms with E-state index in [-0.39, 0.29) is 11.9 Å². The molecular weight excluding hydrogens is 314 g/mol. The molecule has 2 aromatic heterocycles. The van der Waals surface area contributed by atoms with Crippen LogP contribution in [0.1, 0.15) is 30.5 Å². The lowest BCUT2D eigenvalue weighted by Crippen LogP contribution is -2.44. The molecule has 4 rings (SSSR count). The first-order chi connectivity index (χ1) is 12.3. The lowest BCUT2D eigenvalue weighted by molar-refractivity contribution is -0.135. The summed E-state index contributed by atoms with van der Waals surface area (Å²) in [5.74, 6) is 0.0896. The van der Waals surface area contributed by atoms with Gasteiger partial charge >= 0.3 is 0 Å². The molecule has 1 fully saturated rings. The molecule has 3 aromatic rings. The number of carbonyl (C=O) groups is 1. The smallest absolute Gasteiger partial charge is 0.252 e. The average molecular weight is 335 g/mol. The summed E-state index contributed by atoms with van der Waals surface area (Å²) in [7, 11) is 0. The Labute approximate surface area is 146 Å². The van der Waals surface area contributed by atoms with Crippen molar-refractivity contribution in [1.29, 1.82) is 0 Å². The second kappa shape index (κ2) is 6.93. The Balaban J connectivity index is 1.60. The van der Waals surface area contributed by atoms with Crippen LogP contribution in [0.25, 0.3) is 0 Å². The van der Waals surface area contributed by atoms with Gasteiger partial charge in [0.15, 0.2) is 6.04 Å². The lowest BCUT2D eigenvalue weighted by atomic mass is 10.0. The van der Waals surface area contributed by atoms with Crippen LogP contribution in [0.2, 0.25) is 0 Å². The summed E-state index contributed by atoms with van der Waals surface area (Å²) >= 11 is 0. The number of carbonyl (C=O) groups excluding carboxylic acids is 1. The van der Waals surface area contributed by atoms with Gasteiger partial charge in [-0.15, -0.1) is 0 Å². The number of likely N-dealkylation sites (tertiary alicyclic amines) is 1. The molecule has 0 aliphatic carbocycles. The third kappa shape index (κ3) is 3.20. The molecule has 25 heavy (non-hydrogen) atoms. The molecule has 128 valence electrons. The van der Waals surface area contributed by atoms with E-state index in [1.807, 2.05) is 64.4 Å². The summed E-state index contributed by atoms with van der Waals surface area (Å²) in [6.45, 7) is 1.46. The van der Waals surface area contributed by atoms with Crippen molar-refractivity contribution in [1.82, 2.24) is 24.5 Å². The zero-order chi connectivity index (χ0) is 17.1. The fourth-order valence-electron chi connectivity index (χ4n) is 3.52. The van der Waals surface area contributed by atoms with Crippen molar-refractivity contribution in [2.75, 3.05) is 13.1 Å². The van der Waals surface area contributed by atoms with Gasteiger partial charge in [-0.2, -0.15) is 10.2 Å². The van der Waals surface area contributed by atoms with Crippen molar-refractivity contribution in [3.63, 3.8) is 0 Å². The van der Waals surface area contributed by atoms with Gasteiger partial charge in [-0.05, 0) is 30.5 Å². The monoisotopic (exact) mass is 335 g/mol. The molecular formula is C19H21N5O. The van der Waals surface area contributed by atoms with E-state index in [0.29, 0.717) is 6.54 Å². The standard InChI is InChI=1S/C19H21N5O/c25-19(22-12-4-9-17(15-22)23-13-5-10-20-23)18(24-14-6-11-21-24)16-7-2-1-3-8-16/h1-3,5-8,10-11,13-14,17-18H,4,9,12,15H2/t17-,18-/m1/s1. The number of piperidine rings is 1. The van der Waals surface area contributed by atoms with Gasteiger partial charge in [-0.3, -0.25) is 14.2 Å². The lowest BCUT2D eigenvalue weighted by Gasteiger charge is -2.35. The Morgan fingerprint density at radius 1 is 1.04 bits per heavy atom. The minimum Gasteiger partial charge on any atom is -0.338 e. The van der Waals surface area contributed by atoms with Crippen molar-refractivity contribution < 1.29 is 4.79 Å². The highest BCUT2D eigenvalue weighted by molar-refractivity contribution is 5.83. The fraction of sp³-hybridized carbons (Fsp3) is 0.316. The first-order valence-corrected chi connectivity index (χ1v) is 8.65.